The minimum atomic E-state index is -0.0567. The highest BCUT2D eigenvalue weighted by Gasteiger charge is 2.21. The van der Waals surface area contributed by atoms with Crippen molar-refractivity contribution in [2.24, 2.45) is 5.92 Å². The molecule has 3 heteroatoms. The lowest BCUT2D eigenvalue weighted by atomic mass is 9.89. The first kappa shape index (κ1) is 13.5. The molecule has 3 nitrogen and oxygen atoms in total. The number of hydrogen-bond acceptors (Lipinski definition) is 3. The van der Waals surface area contributed by atoms with Gasteiger partial charge in [-0.15, -0.1) is 0 Å². The van der Waals surface area contributed by atoms with Crippen LogP contribution in [0.2, 0.25) is 0 Å². The molecular weight excluding hydrogens is 204 g/mol. The predicted molar refractivity (Wildman–Crippen MR) is 63.2 cm³/mol. The van der Waals surface area contributed by atoms with Crippen molar-refractivity contribution < 1.29 is 14.3 Å². The molecule has 0 aromatic carbocycles. The molecule has 16 heavy (non-hydrogen) atoms. The van der Waals surface area contributed by atoms with E-state index >= 15 is 0 Å². The summed E-state index contributed by atoms with van der Waals surface area (Å²) in [5, 5.41) is 0. The van der Waals surface area contributed by atoms with Gasteiger partial charge in [0.15, 0.2) is 0 Å². The first-order valence-electron chi connectivity index (χ1n) is 6.49. The maximum absolute atomic E-state index is 11.5. The van der Waals surface area contributed by atoms with E-state index in [2.05, 4.69) is 6.92 Å². The molecule has 0 radical (unpaired) electrons. The second-order valence-electron chi connectivity index (χ2n) is 4.68. The van der Waals surface area contributed by atoms with Gasteiger partial charge in [0.2, 0.25) is 0 Å². The van der Waals surface area contributed by atoms with Crippen molar-refractivity contribution in [3.8, 4) is 0 Å². The molecule has 1 saturated carbocycles. The molecule has 0 saturated heterocycles. The Kier molecular flexibility index (Phi) is 6.46. The van der Waals surface area contributed by atoms with Crippen LogP contribution in [-0.2, 0) is 14.3 Å². The van der Waals surface area contributed by atoms with Gasteiger partial charge in [0.25, 0.3) is 0 Å². The summed E-state index contributed by atoms with van der Waals surface area (Å²) in [6, 6.07) is 0. The van der Waals surface area contributed by atoms with Gasteiger partial charge in [-0.3, -0.25) is 4.79 Å². The van der Waals surface area contributed by atoms with E-state index < -0.39 is 0 Å². The van der Waals surface area contributed by atoms with Gasteiger partial charge in [0.1, 0.15) is 6.10 Å². The van der Waals surface area contributed by atoms with Gasteiger partial charge >= 0.3 is 5.97 Å². The summed E-state index contributed by atoms with van der Waals surface area (Å²) in [6.45, 7) is 5.57. The molecule has 0 bridgehead atoms. The molecule has 0 N–H and O–H groups in total. The van der Waals surface area contributed by atoms with Crippen molar-refractivity contribution in [3.63, 3.8) is 0 Å². The molecule has 2 unspecified atom stereocenters. The monoisotopic (exact) mass is 228 g/mol. The van der Waals surface area contributed by atoms with E-state index in [1.807, 2.05) is 6.92 Å². The van der Waals surface area contributed by atoms with E-state index in [1.54, 1.807) is 0 Å². The number of carbonyl (C=O) groups excluding carboxylic acids is 1. The second kappa shape index (κ2) is 7.66. The Bertz CT molecular complexity index is 203. The highest BCUT2D eigenvalue weighted by atomic mass is 16.5. The van der Waals surface area contributed by atoms with Gasteiger partial charge < -0.3 is 9.47 Å². The summed E-state index contributed by atoms with van der Waals surface area (Å²) in [5.74, 6) is 0.647. The third-order valence-corrected chi connectivity index (χ3v) is 3.06. The van der Waals surface area contributed by atoms with Crippen molar-refractivity contribution in [2.45, 2.75) is 58.5 Å². The molecule has 0 amide bonds. The Morgan fingerprint density at radius 1 is 1.38 bits per heavy atom. The molecular formula is C13H24O3. The molecule has 0 aromatic rings. The van der Waals surface area contributed by atoms with Crippen LogP contribution in [0.15, 0.2) is 0 Å². The molecule has 94 valence electrons. The maximum atomic E-state index is 11.5. The summed E-state index contributed by atoms with van der Waals surface area (Å²) < 4.78 is 10.6. The Labute approximate surface area is 98.5 Å². The van der Waals surface area contributed by atoms with Crippen LogP contribution in [0.5, 0.6) is 0 Å². The molecule has 0 spiro atoms. The zero-order valence-corrected chi connectivity index (χ0v) is 10.5. The van der Waals surface area contributed by atoms with E-state index in [0.29, 0.717) is 18.9 Å². The lowest BCUT2D eigenvalue weighted by Gasteiger charge is -2.26. The minimum Gasteiger partial charge on any atom is -0.462 e. The Balaban J connectivity index is 2.08. The van der Waals surface area contributed by atoms with Crippen LogP contribution in [0, 0.1) is 5.92 Å². The summed E-state index contributed by atoms with van der Waals surface area (Å²) in [5.41, 5.74) is 0. The second-order valence-corrected chi connectivity index (χ2v) is 4.68. The van der Waals surface area contributed by atoms with E-state index in [1.165, 1.54) is 12.8 Å². The fourth-order valence-electron chi connectivity index (χ4n) is 2.19. The molecule has 0 aliphatic heterocycles. The van der Waals surface area contributed by atoms with Crippen molar-refractivity contribution >= 4 is 5.97 Å². The summed E-state index contributed by atoms with van der Waals surface area (Å²) >= 11 is 0. The third-order valence-electron chi connectivity index (χ3n) is 3.06. The number of ether oxygens (including phenoxy) is 2. The van der Waals surface area contributed by atoms with Crippen LogP contribution in [0.1, 0.15) is 52.4 Å². The molecule has 1 rings (SSSR count). The standard InChI is InChI=1S/C13H24O3/c1-3-15-9-5-8-13(14)16-12-7-4-6-11(2)10-12/h11-12H,3-10H2,1-2H3. The Hall–Kier alpha value is -0.570. The van der Waals surface area contributed by atoms with Crippen LogP contribution >= 0.6 is 0 Å². The van der Waals surface area contributed by atoms with Crippen LogP contribution in [-0.4, -0.2) is 25.3 Å². The maximum Gasteiger partial charge on any atom is 0.306 e. The largest absolute Gasteiger partial charge is 0.462 e. The highest BCUT2D eigenvalue weighted by Crippen LogP contribution is 2.25. The Morgan fingerprint density at radius 2 is 2.19 bits per heavy atom. The molecule has 1 aliphatic rings. The molecule has 0 aromatic heterocycles. The first-order chi connectivity index (χ1) is 7.72. The quantitative estimate of drug-likeness (QED) is 0.518. The van der Waals surface area contributed by atoms with Crippen LogP contribution in [0.3, 0.4) is 0 Å². The molecule has 2 atom stereocenters. The van der Waals surface area contributed by atoms with Crippen LogP contribution < -0.4 is 0 Å². The number of hydrogen-bond donors (Lipinski definition) is 0. The zero-order chi connectivity index (χ0) is 11.8. The van der Waals surface area contributed by atoms with Gasteiger partial charge in [0.05, 0.1) is 0 Å². The normalized spacial score (nSPS) is 25.4. The number of rotatable bonds is 6. The summed E-state index contributed by atoms with van der Waals surface area (Å²) in [7, 11) is 0. The lowest BCUT2D eigenvalue weighted by molar-refractivity contribution is -0.151. The average Bonchev–Trinajstić information content (AvgIpc) is 2.24. The average molecular weight is 228 g/mol. The summed E-state index contributed by atoms with van der Waals surface area (Å²) in [4.78, 5) is 11.5. The van der Waals surface area contributed by atoms with Gasteiger partial charge in [-0.05, 0) is 38.5 Å². The predicted octanol–water partition coefficient (Wildman–Crippen LogP) is 2.93. The van der Waals surface area contributed by atoms with Gasteiger partial charge in [0, 0.05) is 19.6 Å². The smallest absolute Gasteiger partial charge is 0.306 e. The molecule has 1 aliphatic carbocycles. The molecule has 1 fully saturated rings. The van der Waals surface area contributed by atoms with E-state index in [4.69, 9.17) is 9.47 Å². The topological polar surface area (TPSA) is 35.5 Å². The van der Waals surface area contributed by atoms with Gasteiger partial charge in [-0.1, -0.05) is 13.3 Å². The van der Waals surface area contributed by atoms with Crippen molar-refractivity contribution in [2.75, 3.05) is 13.2 Å². The highest BCUT2D eigenvalue weighted by molar-refractivity contribution is 5.69. The van der Waals surface area contributed by atoms with Gasteiger partial charge in [-0.25, -0.2) is 0 Å². The minimum absolute atomic E-state index is 0.0567. The lowest BCUT2D eigenvalue weighted by Crippen LogP contribution is -2.24. The van der Waals surface area contributed by atoms with Crippen molar-refractivity contribution in [1.29, 1.82) is 0 Å². The van der Waals surface area contributed by atoms with Crippen LogP contribution in [0.4, 0.5) is 0 Å². The number of esters is 1. The van der Waals surface area contributed by atoms with Crippen molar-refractivity contribution in [3.05, 3.63) is 0 Å². The van der Waals surface area contributed by atoms with Crippen LogP contribution in [0.25, 0.3) is 0 Å². The van der Waals surface area contributed by atoms with Gasteiger partial charge in [-0.2, -0.15) is 0 Å². The summed E-state index contributed by atoms with van der Waals surface area (Å²) in [6.07, 6.45) is 5.98. The fraction of sp³-hybridized carbons (Fsp3) is 0.923. The number of carbonyl (C=O) groups is 1. The van der Waals surface area contributed by atoms with E-state index in [9.17, 15) is 4.79 Å². The van der Waals surface area contributed by atoms with E-state index in [-0.39, 0.29) is 12.1 Å². The fourth-order valence-corrected chi connectivity index (χ4v) is 2.19. The molecule has 0 heterocycles. The van der Waals surface area contributed by atoms with E-state index in [0.717, 1.165) is 25.9 Å². The van der Waals surface area contributed by atoms with Crippen molar-refractivity contribution in [1.82, 2.24) is 0 Å². The first-order valence-corrected chi connectivity index (χ1v) is 6.49. The Morgan fingerprint density at radius 3 is 2.88 bits per heavy atom. The SMILES string of the molecule is CCOCCCC(=O)OC1CCCC(C)C1. The zero-order valence-electron chi connectivity index (χ0n) is 10.5. The third kappa shape index (κ3) is 5.50.